The van der Waals surface area contributed by atoms with Crippen LogP contribution in [0.1, 0.15) is 18.3 Å². The Bertz CT molecular complexity index is 546. The van der Waals surface area contributed by atoms with Crippen LogP contribution in [0.5, 0.6) is 0 Å². The third-order valence-electron chi connectivity index (χ3n) is 2.61. The Balaban J connectivity index is 2.36. The number of nitrogens with one attached hydrogen (secondary N) is 2. The fourth-order valence-corrected chi connectivity index (χ4v) is 1.59. The highest BCUT2D eigenvalue weighted by molar-refractivity contribution is 5.62. The van der Waals surface area contributed by atoms with Gasteiger partial charge in [0.1, 0.15) is 17.5 Å². The summed E-state index contributed by atoms with van der Waals surface area (Å²) >= 11 is 0. The predicted octanol–water partition coefficient (Wildman–Crippen LogP) is 1.11. The normalized spacial score (nSPS) is 10.4. The number of rotatable bonds is 4. The highest BCUT2D eigenvalue weighted by Crippen LogP contribution is 2.22. The molecule has 0 fully saturated rings. The van der Waals surface area contributed by atoms with Crippen molar-refractivity contribution < 1.29 is 0 Å². The van der Waals surface area contributed by atoms with E-state index in [0.717, 1.165) is 23.6 Å². The smallest absolute Gasteiger partial charge is 0.153 e. The Morgan fingerprint density at radius 2 is 2.06 bits per heavy atom. The summed E-state index contributed by atoms with van der Waals surface area (Å²) in [5.41, 5.74) is 3.45. The molecule has 0 bridgehead atoms. The molecule has 2 rings (SSSR count). The van der Waals surface area contributed by atoms with Gasteiger partial charge in [-0.05, 0) is 6.92 Å². The lowest BCUT2D eigenvalue weighted by Crippen LogP contribution is -2.14. The Morgan fingerprint density at radius 3 is 2.61 bits per heavy atom. The quantitative estimate of drug-likeness (QED) is 0.553. The fourth-order valence-electron chi connectivity index (χ4n) is 1.59. The molecule has 0 spiro atoms. The van der Waals surface area contributed by atoms with Gasteiger partial charge in [-0.2, -0.15) is 5.10 Å². The van der Waals surface area contributed by atoms with Crippen LogP contribution in [0.15, 0.2) is 12.3 Å². The van der Waals surface area contributed by atoms with Gasteiger partial charge >= 0.3 is 0 Å². The summed E-state index contributed by atoms with van der Waals surface area (Å²) in [5.74, 6) is 8.26. The van der Waals surface area contributed by atoms with E-state index in [-0.39, 0.29) is 0 Å². The molecule has 0 aliphatic heterocycles. The molecule has 7 nitrogen and oxygen atoms in total. The highest BCUT2D eigenvalue weighted by Gasteiger charge is 2.10. The second-order valence-corrected chi connectivity index (χ2v) is 3.96. The Labute approximate surface area is 105 Å². The van der Waals surface area contributed by atoms with E-state index in [1.165, 1.54) is 0 Å². The van der Waals surface area contributed by atoms with E-state index in [2.05, 4.69) is 25.8 Å². The number of aryl methyl sites for hydroxylation is 2. The summed E-state index contributed by atoms with van der Waals surface area (Å²) in [6, 6.07) is 1.88. The first-order valence-corrected chi connectivity index (χ1v) is 5.74. The number of hydrogen-bond donors (Lipinski definition) is 3. The van der Waals surface area contributed by atoms with Crippen molar-refractivity contribution >= 4 is 17.5 Å². The van der Waals surface area contributed by atoms with Crippen molar-refractivity contribution in [3.8, 4) is 0 Å². The summed E-state index contributed by atoms with van der Waals surface area (Å²) in [7, 11) is 1.86. The first-order valence-electron chi connectivity index (χ1n) is 5.74. The molecule has 2 heterocycles. The summed E-state index contributed by atoms with van der Waals surface area (Å²) < 4.78 is 1.72. The molecule has 0 saturated carbocycles. The average molecular weight is 247 g/mol. The van der Waals surface area contributed by atoms with Crippen molar-refractivity contribution in [1.29, 1.82) is 0 Å². The molecule has 0 aliphatic carbocycles. The molecule has 2 aromatic heterocycles. The van der Waals surface area contributed by atoms with Gasteiger partial charge in [0.2, 0.25) is 0 Å². The van der Waals surface area contributed by atoms with Crippen molar-refractivity contribution in [2.75, 3.05) is 10.7 Å². The Hall–Kier alpha value is -2.15. The molecule has 0 atom stereocenters. The van der Waals surface area contributed by atoms with E-state index in [4.69, 9.17) is 5.84 Å². The second-order valence-electron chi connectivity index (χ2n) is 3.96. The van der Waals surface area contributed by atoms with Crippen LogP contribution in [-0.4, -0.2) is 19.7 Å². The summed E-state index contributed by atoms with van der Waals surface area (Å²) in [6.07, 6.45) is 2.60. The zero-order valence-corrected chi connectivity index (χ0v) is 10.7. The highest BCUT2D eigenvalue weighted by atomic mass is 15.3. The number of nitrogens with zero attached hydrogens (tertiary/aromatic N) is 4. The lowest BCUT2D eigenvalue weighted by atomic mass is 10.3. The van der Waals surface area contributed by atoms with E-state index in [9.17, 15) is 0 Å². The summed E-state index contributed by atoms with van der Waals surface area (Å²) in [6.45, 7) is 3.90. The SMILES string of the molecule is CCc1nc(NN)c(C)c(Nc2ccn(C)n2)n1. The number of hydrogen-bond acceptors (Lipinski definition) is 6. The van der Waals surface area contributed by atoms with Crippen molar-refractivity contribution in [3.05, 3.63) is 23.7 Å². The van der Waals surface area contributed by atoms with Crippen LogP contribution in [0.3, 0.4) is 0 Å². The number of aromatic nitrogens is 4. The lowest BCUT2D eigenvalue weighted by Gasteiger charge is -2.11. The summed E-state index contributed by atoms with van der Waals surface area (Å²) in [5, 5.41) is 7.42. The lowest BCUT2D eigenvalue weighted by molar-refractivity contribution is 0.771. The van der Waals surface area contributed by atoms with E-state index in [0.29, 0.717) is 11.6 Å². The molecule has 0 radical (unpaired) electrons. The van der Waals surface area contributed by atoms with E-state index in [1.807, 2.05) is 33.2 Å². The minimum Gasteiger partial charge on any atom is -0.323 e. The maximum Gasteiger partial charge on any atom is 0.153 e. The number of anilines is 3. The van der Waals surface area contributed by atoms with Crippen LogP contribution in [0.25, 0.3) is 0 Å². The van der Waals surface area contributed by atoms with E-state index >= 15 is 0 Å². The first kappa shape index (κ1) is 12.3. The Morgan fingerprint density at radius 1 is 1.33 bits per heavy atom. The van der Waals surface area contributed by atoms with E-state index in [1.54, 1.807) is 4.68 Å². The predicted molar refractivity (Wildman–Crippen MR) is 70.4 cm³/mol. The monoisotopic (exact) mass is 247 g/mol. The number of nitrogen functional groups attached to an aromatic ring is 1. The molecule has 0 aliphatic rings. The van der Waals surface area contributed by atoms with Crippen molar-refractivity contribution in [2.24, 2.45) is 12.9 Å². The van der Waals surface area contributed by atoms with Gasteiger partial charge in [0.25, 0.3) is 0 Å². The van der Waals surface area contributed by atoms with Crippen LogP contribution < -0.4 is 16.6 Å². The maximum atomic E-state index is 5.45. The van der Waals surface area contributed by atoms with Crippen molar-refractivity contribution in [2.45, 2.75) is 20.3 Å². The standard InChI is InChI=1S/C11H17N7/c1-4-8-13-10(7(2)11(14-8)16-12)15-9-5-6-18(3)17-9/h5-6H,4,12H2,1-3H3,(H2,13,14,15,16,17). The maximum absolute atomic E-state index is 5.45. The molecule has 18 heavy (non-hydrogen) atoms. The van der Waals surface area contributed by atoms with Crippen LogP contribution in [0, 0.1) is 6.92 Å². The molecule has 2 aromatic rings. The van der Waals surface area contributed by atoms with Crippen LogP contribution in [0.2, 0.25) is 0 Å². The van der Waals surface area contributed by atoms with Crippen LogP contribution in [0.4, 0.5) is 17.5 Å². The van der Waals surface area contributed by atoms with Gasteiger partial charge in [0.05, 0.1) is 0 Å². The molecule has 0 amide bonds. The zero-order valence-electron chi connectivity index (χ0n) is 10.7. The molecular weight excluding hydrogens is 230 g/mol. The molecule has 0 saturated heterocycles. The minimum absolute atomic E-state index is 0.625. The van der Waals surface area contributed by atoms with Gasteiger partial charge in [-0.1, -0.05) is 6.92 Å². The minimum atomic E-state index is 0.625. The number of hydrazine groups is 1. The van der Waals surface area contributed by atoms with Crippen LogP contribution >= 0.6 is 0 Å². The van der Waals surface area contributed by atoms with Crippen molar-refractivity contribution in [3.63, 3.8) is 0 Å². The molecule has 7 heteroatoms. The zero-order chi connectivity index (χ0) is 13.1. The van der Waals surface area contributed by atoms with Crippen LogP contribution in [-0.2, 0) is 13.5 Å². The van der Waals surface area contributed by atoms with Gasteiger partial charge < -0.3 is 10.7 Å². The molecule has 4 N–H and O–H groups in total. The Kier molecular flexibility index (Phi) is 3.42. The first-order chi connectivity index (χ1) is 8.63. The topological polar surface area (TPSA) is 93.7 Å². The van der Waals surface area contributed by atoms with Gasteiger partial charge in [-0.25, -0.2) is 15.8 Å². The molecule has 0 unspecified atom stereocenters. The van der Waals surface area contributed by atoms with Crippen molar-refractivity contribution in [1.82, 2.24) is 19.7 Å². The second kappa shape index (κ2) is 5.01. The fraction of sp³-hybridized carbons (Fsp3) is 0.364. The number of nitrogens with two attached hydrogens (primary N) is 1. The van der Waals surface area contributed by atoms with Gasteiger partial charge in [0.15, 0.2) is 5.82 Å². The third kappa shape index (κ3) is 2.40. The van der Waals surface area contributed by atoms with Gasteiger partial charge in [-0.3, -0.25) is 4.68 Å². The largest absolute Gasteiger partial charge is 0.323 e. The van der Waals surface area contributed by atoms with E-state index < -0.39 is 0 Å². The summed E-state index contributed by atoms with van der Waals surface area (Å²) in [4.78, 5) is 8.74. The van der Waals surface area contributed by atoms with Gasteiger partial charge in [-0.15, -0.1) is 0 Å². The molecular formula is C11H17N7. The molecule has 0 aromatic carbocycles. The van der Waals surface area contributed by atoms with Gasteiger partial charge in [0, 0.05) is 31.3 Å². The third-order valence-corrected chi connectivity index (χ3v) is 2.61. The average Bonchev–Trinajstić information content (AvgIpc) is 2.77. The molecule has 96 valence electrons.